The van der Waals surface area contributed by atoms with E-state index in [0.29, 0.717) is 12.4 Å². The number of ether oxygens (including phenoxy) is 2. The van der Waals surface area contributed by atoms with E-state index in [0.717, 1.165) is 18.5 Å². The first-order chi connectivity index (χ1) is 11.4. The van der Waals surface area contributed by atoms with Crippen LogP contribution in [0.2, 0.25) is 0 Å². The van der Waals surface area contributed by atoms with E-state index >= 15 is 0 Å². The predicted molar refractivity (Wildman–Crippen MR) is 91.0 cm³/mol. The molecule has 0 saturated carbocycles. The van der Waals surface area contributed by atoms with Gasteiger partial charge in [0.05, 0.1) is 0 Å². The minimum Gasteiger partial charge on any atom is -0.419 e. The Labute approximate surface area is 142 Å². The van der Waals surface area contributed by atoms with Crippen LogP contribution in [0, 0.1) is 0 Å². The molecule has 24 heavy (non-hydrogen) atoms. The van der Waals surface area contributed by atoms with Crippen LogP contribution in [0.25, 0.3) is 0 Å². The van der Waals surface area contributed by atoms with Crippen molar-refractivity contribution in [2.75, 3.05) is 18.5 Å². The third-order valence-electron chi connectivity index (χ3n) is 3.62. The molecule has 1 heterocycles. The van der Waals surface area contributed by atoms with E-state index in [2.05, 4.69) is 12.2 Å². The topological polar surface area (TPSA) is 67.9 Å². The fourth-order valence-electron chi connectivity index (χ4n) is 2.39. The second-order valence-electron chi connectivity index (χ2n) is 6.08. The maximum Gasteiger partial charge on any atom is 0.352 e. The van der Waals surface area contributed by atoms with Gasteiger partial charge in [0.2, 0.25) is 0 Å². The smallest absolute Gasteiger partial charge is 0.352 e. The average molecular weight is 332 g/mol. The lowest BCUT2D eigenvalue weighted by Crippen LogP contribution is -2.45. The molecule has 0 unspecified atom stereocenters. The highest BCUT2D eigenvalue weighted by Gasteiger charge is 2.41. The molecule has 1 aliphatic heterocycles. The minimum atomic E-state index is -1.25. The Morgan fingerprint density at radius 1 is 1.12 bits per heavy atom. The summed E-state index contributed by atoms with van der Waals surface area (Å²) in [5.74, 6) is -2.23. The SMILES string of the molecule is CCCCNC(=C1C(=O)OC(C)(C)OC1=O)N(C)c1ccccc1. The van der Waals surface area contributed by atoms with E-state index in [1.165, 1.54) is 13.8 Å². The Balaban J connectivity index is 2.41. The van der Waals surface area contributed by atoms with E-state index in [1.54, 1.807) is 11.9 Å². The second-order valence-corrected chi connectivity index (χ2v) is 6.08. The van der Waals surface area contributed by atoms with Crippen LogP contribution in [0.3, 0.4) is 0 Å². The number of para-hydroxylation sites is 1. The molecule has 1 aromatic rings. The van der Waals surface area contributed by atoms with Crippen molar-refractivity contribution in [2.45, 2.75) is 39.4 Å². The summed E-state index contributed by atoms with van der Waals surface area (Å²) in [5.41, 5.74) is 0.728. The molecule has 0 bridgehead atoms. The molecule has 130 valence electrons. The number of cyclic esters (lactones) is 2. The van der Waals surface area contributed by atoms with Gasteiger partial charge in [0.15, 0.2) is 5.57 Å². The lowest BCUT2D eigenvalue weighted by Gasteiger charge is -2.33. The summed E-state index contributed by atoms with van der Waals surface area (Å²) in [6, 6.07) is 9.47. The zero-order valence-corrected chi connectivity index (χ0v) is 14.6. The van der Waals surface area contributed by atoms with Gasteiger partial charge in [-0.25, -0.2) is 9.59 Å². The molecule has 0 radical (unpaired) electrons. The maximum atomic E-state index is 12.4. The highest BCUT2D eigenvalue weighted by atomic mass is 16.7. The summed E-state index contributed by atoms with van der Waals surface area (Å²) in [6.07, 6.45) is 1.90. The average Bonchev–Trinajstić information content (AvgIpc) is 2.52. The van der Waals surface area contributed by atoms with Crippen molar-refractivity contribution in [1.29, 1.82) is 0 Å². The summed E-state index contributed by atoms with van der Waals surface area (Å²) >= 11 is 0. The molecule has 0 atom stereocenters. The molecule has 6 nitrogen and oxygen atoms in total. The Morgan fingerprint density at radius 2 is 1.71 bits per heavy atom. The molecular weight excluding hydrogens is 308 g/mol. The van der Waals surface area contributed by atoms with Crippen molar-refractivity contribution in [3.63, 3.8) is 0 Å². The van der Waals surface area contributed by atoms with Crippen LogP contribution < -0.4 is 10.2 Å². The van der Waals surface area contributed by atoms with Gasteiger partial charge in [-0.3, -0.25) is 0 Å². The van der Waals surface area contributed by atoms with Crippen LogP contribution in [0.5, 0.6) is 0 Å². The van der Waals surface area contributed by atoms with Crippen molar-refractivity contribution in [2.24, 2.45) is 0 Å². The summed E-state index contributed by atoms with van der Waals surface area (Å²) in [5, 5.41) is 3.18. The number of hydrogen-bond acceptors (Lipinski definition) is 6. The highest BCUT2D eigenvalue weighted by molar-refractivity contribution is 6.16. The second kappa shape index (κ2) is 7.38. The van der Waals surface area contributed by atoms with Gasteiger partial charge in [0.25, 0.3) is 5.79 Å². The first kappa shape index (κ1) is 17.8. The van der Waals surface area contributed by atoms with Crippen LogP contribution in [0.4, 0.5) is 5.69 Å². The first-order valence-electron chi connectivity index (χ1n) is 8.09. The zero-order chi connectivity index (χ0) is 17.7. The third-order valence-corrected chi connectivity index (χ3v) is 3.62. The van der Waals surface area contributed by atoms with Crippen LogP contribution >= 0.6 is 0 Å². The van der Waals surface area contributed by atoms with Crippen molar-refractivity contribution in [3.8, 4) is 0 Å². The summed E-state index contributed by atoms with van der Waals surface area (Å²) in [6.45, 7) is 5.77. The summed E-state index contributed by atoms with van der Waals surface area (Å²) in [7, 11) is 1.79. The molecule has 6 heteroatoms. The number of unbranched alkanes of at least 4 members (excludes halogenated alkanes) is 1. The van der Waals surface area contributed by atoms with Crippen molar-refractivity contribution in [3.05, 3.63) is 41.7 Å². The molecular formula is C18H24N2O4. The first-order valence-corrected chi connectivity index (χ1v) is 8.09. The fourth-order valence-corrected chi connectivity index (χ4v) is 2.39. The molecule has 0 aromatic heterocycles. The van der Waals surface area contributed by atoms with E-state index in [-0.39, 0.29) is 5.57 Å². The molecule has 0 spiro atoms. The van der Waals surface area contributed by atoms with Gasteiger partial charge in [-0.05, 0) is 18.6 Å². The molecule has 1 aromatic carbocycles. The van der Waals surface area contributed by atoms with Gasteiger partial charge in [-0.15, -0.1) is 0 Å². The Bertz CT molecular complexity index is 616. The zero-order valence-electron chi connectivity index (χ0n) is 14.6. The number of hydrogen-bond donors (Lipinski definition) is 1. The van der Waals surface area contributed by atoms with Gasteiger partial charge >= 0.3 is 11.9 Å². The van der Waals surface area contributed by atoms with E-state index in [9.17, 15) is 9.59 Å². The molecule has 1 N–H and O–H groups in total. The molecule has 1 saturated heterocycles. The largest absolute Gasteiger partial charge is 0.419 e. The number of nitrogens with zero attached hydrogens (tertiary/aromatic N) is 1. The van der Waals surface area contributed by atoms with E-state index < -0.39 is 17.7 Å². The van der Waals surface area contributed by atoms with Gasteiger partial charge in [-0.1, -0.05) is 31.5 Å². The molecule has 0 amide bonds. The van der Waals surface area contributed by atoms with Gasteiger partial charge < -0.3 is 19.7 Å². The third kappa shape index (κ3) is 4.07. The number of carbonyl (C=O) groups is 2. The summed E-state index contributed by atoms with van der Waals surface area (Å²) < 4.78 is 10.4. The normalized spacial score (nSPS) is 16.2. The van der Waals surface area contributed by atoms with Crippen molar-refractivity contribution in [1.82, 2.24) is 5.32 Å². The van der Waals surface area contributed by atoms with E-state index in [4.69, 9.17) is 9.47 Å². The maximum absolute atomic E-state index is 12.4. The quantitative estimate of drug-likeness (QED) is 0.374. The number of esters is 2. The minimum absolute atomic E-state index is 0.114. The number of nitrogens with one attached hydrogen (secondary N) is 1. The molecule has 1 fully saturated rings. The lowest BCUT2D eigenvalue weighted by atomic mass is 10.2. The van der Waals surface area contributed by atoms with E-state index in [1.807, 2.05) is 30.3 Å². The summed E-state index contributed by atoms with van der Waals surface area (Å²) in [4.78, 5) is 26.5. The van der Waals surface area contributed by atoms with Gasteiger partial charge in [0.1, 0.15) is 5.82 Å². The molecule has 2 rings (SSSR count). The van der Waals surface area contributed by atoms with Crippen LogP contribution in [-0.4, -0.2) is 31.3 Å². The van der Waals surface area contributed by atoms with Gasteiger partial charge in [0, 0.05) is 33.1 Å². The van der Waals surface area contributed by atoms with Crippen molar-refractivity contribution >= 4 is 17.6 Å². The van der Waals surface area contributed by atoms with Crippen LogP contribution in [0.15, 0.2) is 41.7 Å². The van der Waals surface area contributed by atoms with Gasteiger partial charge in [-0.2, -0.15) is 0 Å². The van der Waals surface area contributed by atoms with Crippen LogP contribution in [0.1, 0.15) is 33.6 Å². The predicted octanol–water partition coefficient (Wildman–Crippen LogP) is 2.56. The number of benzene rings is 1. The molecule has 0 aliphatic carbocycles. The number of anilines is 1. The Hall–Kier alpha value is -2.50. The standard InChI is InChI=1S/C18H24N2O4/c1-5-6-12-19-15(20(4)13-10-8-7-9-11-13)14-16(21)23-18(2,3)24-17(14)22/h7-11,19H,5-6,12H2,1-4H3. The number of carbonyl (C=O) groups excluding carboxylic acids is 2. The Kier molecular flexibility index (Phi) is 5.49. The van der Waals surface area contributed by atoms with Crippen LogP contribution in [-0.2, 0) is 19.1 Å². The number of rotatable bonds is 6. The monoisotopic (exact) mass is 332 g/mol. The van der Waals surface area contributed by atoms with Crippen molar-refractivity contribution < 1.29 is 19.1 Å². The highest BCUT2D eigenvalue weighted by Crippen LogP contribution is 2.26. The lowest BCUT2D eigenvalue weighted by molar-refractivity contribution is -0.222. The Morgan fingerprint density at radius 3 is 2.25 bits per heavy atom. The fraction of sp³-hybridized carbons (Fsp3) is 0.444. The molecule has 1 aliphatic rings.